The molecule has 2 aromatic rings. The highest BCUT2D eigenvalue weighted by Gasteiger charge is 2.39. The SMILES string of the molecule is COc1cccc(C(=O)N2CC[C@](O)(COc3ccccc3C)C2)c1. The van der Waals surface area contributed by atoms with Gasteiger partial charge in [-0.1, -0.05) is 24.3 Å². The van der Waals surface area contributed by atoms with Crippen LogP contribution in [0.2, 0.25) is 0 Å². The Morgan fingerprint density at radius 2 is 2.04 bits per heavy atom. The lowest BCUT2D eigenvalue weighted by atomic mass is 10.1. The molecule has 1 atom stereocenters. The number of para-hydroxylation sites is 1. The average Bonchev–Trinajstić information content (AvgIpc) is 3.03. The number of likely N-dealkylation sites (tertiary alicyclic amines) is 1. The Hall–Kier alpha value is -2.53. The third-order valence-electron chi connectivity index (χ3n) is 4.53. The fraction of sp³-hybridized carbons (Fsp3) is 0.350. The minimum absolute atomic E-state index is 0.106. The number of amides is 1. The molecule has 0 radical (unpaired) electrons. The molecule has 1 aliphatic rings. The Balaban J connectivity index is 1.63. The summed E-state index contributed by atoms with van der Waals surface area (Å²) in [7, 11) is 1.57. The maximum Gasteiger partial charge on any atom is 0.254 e. The molecular formula is C20H23NO4. The molecule has 5 heteroatoms. The lowest BCUT2D eigenvalue weighted by Crippen LogP contribution is -2.40. The first-order chi connectivity index (χ1) is 12.0. The van der Waals surface area contributed by atoms with Crippen molar-refractivity contribution >= 4 is 5.91 Å². The molecule has 0 unspecified atom stereocenters. The molecule has 0 saturated carbocycles. The fourth-order valence-electron chi connectivity index (χ4n) is 3.02. The van der Waals surface area contributed by atoms with E-state index >= 15 is 0 Å². The second-order valence-electron chi connectivity index (χ2n) is 6.49. The van der Waals surface area contributed by atoms with E-state index in [9.17, 15) is 9.90 Å². The summed E-state index contributed by atoms with van der Waals surface area (Å²) in [6.45, 7) is 2.89. The van der Waals surface area contributed by atoms with Crippen LogP contribution in [0.15, 0.2) is 48.5 Å². The van der Waals surface area contributed by atoms with E-state index in [0.717, 1.165) is 11.3 Å². The molecule has 1 fully saturated rings. The summed E-state index contributed by atoms with van der Waals surface area (Å²) >= 11 is 0. The van der Waals surface area contributed by atoms with Crippen LogP contribution in [0, 0.1) is 6.92 Å². The van der Waals surface area contributed by atoms with Gasteiger partial charge in [0.15, 0.2) is 0 Å². The number of hydrogen-bond acceptors (Lipinski definition) is 4. The van der Waals surface area contributed by atoms with Gasteiger partial charge >= 0.3 is 0 Å². The molecule has 1 amide bonds. The van der Waals surface area contributed by atoms with Crippen LogP contribution in [-0.4, -0.2) is 48.3 Å². The summed E-state index contributed by atoms with van der Waals surface area (Å²) in [5.41, 5.74) is 0.549. The summed E-state index contributed by atoms with van der Waals surface area (Å²) in [5.74, 6) is 1.29. The number of hydrogen-bond donors (Lipinski definition) is 1. The number of aryl methyl sites for hydroxylation is 1. The van der Waals surface area contributed by atoms with E-state index in [1.165, 1.54) is 0 Å². The topological polar surface area (TPSA) is 59.0 Å². The van der Waals surface area contributed by atoms with Crippen molar-refractivity contribution in [2.24, 2.45) is 0 Å². The van der Waals surface area contributed by atoms with Crippen molar-refractivity contribution in [3.8, 4) is 11.5 Å². The van der Waals surface area contributed by atoms with Gasteiger partial charge in [0.25, 0.3) is 5.91 Å². The van der Waals surface area contributed by atoms with E-state index in [-0.39, 0.29) is 19.1 Å². The van der Waals surface area contributed by atoms with Crippen molar-refractivity contribution < 1.29 is 19.4 Å². The van der Waals surface area contributed by atoms with Gasteiger partial charge < -0.3 is 19.5 Å². The first kappa shape index (κ1) is 17.3. The smallest absolute Gasteiger partial charge is 0.254 e. The lowest BCUT2D eigenvalue weighted by Gasteiger charge is -2.24. The van der Waals surface area contributed by atoms with Gasteiger partial charge in [-0.15, -0.1) is 0 Å². The predicted molar refractivity (Wildman–Crippen MR) is 95.1 cm³/mol. The van der Waals surface area contributed by atoms with E-state index in [4.69, 9.17) is 9.47 Å². The highest BCUT2D eigenvalue weighted by atomic mass is 16.5. The average molecular weight is 341 g/mol. The zero-order valence-corrected chi connectivity index (χ0v) is 14.6. The predicted octanol–water partition coefficient (Wildman–Crippen LogP) is 2.66. The quantitative estimate of drug-likeness (QED) is 0.908. The highest BCUT2D eigenvalue weighted by molar-refractivity contribution is 5.94. The van der Waals surface area contributed by atoms with Crippen LogP contribution in [0.5, 0.6) is 11.5 Å². The zero-order valence-electron chi connectivity index (χ0n) is 14.6. The molecule has 0 aromatic heterocycles. The third-order valence-corrected chi connectivity index (χ3v) is 4.53. The molecule has 1 heterocycles. The fourth-order valence-corrected chi connectivity index (χ4v) is 3.02. The van der Waals surface area contributed by atoms with Crippen LogP contribution in [0.1, 0.15) is 22.3 Å². The second kappa shape index (κ2) is 7.15. The van der Waals surface area contributed by atoms with Crippen molar-refractivity contribution in [1.82, 2.24) is 4.90 Å². The number of ether oxygens (including phenoxy) is 2. The molecule has 3 rings (SSSR count). The van der Waals surface area contributed by atoms with E-state index < -0.39 is 5.60 Å². The molecule has 0 aliphatic carbocycles. The van der Waals surface area contributed by atoms with Gasteiger partial charge in [0.2, 0.25) is 0 Å². The summed E-state index contributed by atoms with van der Waals surface area (Å²) in [4.78, 5) is 14.3. The largest absolute Gasteiger partial charge is 0.497 e. The normalized spacial score (nSPS) is 19.7. The van der Waals surface area contributed by atoms with Gasteiger partial charge in [0, 0.05) is 12.1 Å². The first-order valence-electron chi connectivity index (χ1n) is 8.35. The molecule has 1 aliphatic heterocycles. The van der Waals surface area contributed by atoms with Gasteiger partial charge in [-0.3, -0.25) is 4.79 Å². The standard InChI is InChI=1S/C20H23NO4/c1-15-6-3-4-9-18(15)25-14-20(23)10-11-21(13-20)19(22)16-7-5-8-17(12-16)24-2/h3-9,12,23H,10-11,13-14H2,1-2H3/t20-/m1/s1. The van der Waals surface area contributed by atoms with Crippen LogP contribution in [0.3, 0.4) is 0 Å². The molecular weight excluding hydrogens is 318 g/mol. The van der Waals surface area contributed by atoms with Gasteiger partial charge in [0.1, 0.15) is 23.7 Å². The van der Waals surface area contributed by atoms with E-state index in [0.29, 0.717) is 24.3 Å². The van der Waals surface area contributed by atoms with Crippen LogP contribution in [0.25, 0.3) is 0 Å². The molecule has 1 saturated heterocycles. The third kappa shape index (κ3) is 3.94. The number of carbonyl (C=O) groups is 1. The van der Waals surface area contributed by atoms with Crippen LogP contribution in [0.4, 0.5) is 0 Å². The summed E-state index contributed by atoms with van der Waals surface area (Å²) in [6, 6.07) is 14.7. The number of nitrogens with zero attached hydrogens (tertiary/aromatic N) is 1. The molecule has 1 N–H and O–H groups in total. The minimum atomic E-state index is -1.03. The van der Waals surface area contributed by atoms with Crippen LogP contribution < -0.4 is 9.47 Å². The van der Waals surface area contributed by atoms with Crippen molar-refractivity contribution in [3.05, 3.63) is 59.7 Å². The number of carbonyl (C=O) groups excluding carboxylic acids is 1. The number of methoxy groups -OCH3 is 1. The highest BCUT2D eigenvalue weighted by Crippen LogP contribution is 2.26. The zero-order chi connectivity index (χ0) is 17.9. The Morgan fingerprint density at radius 3 is 2.80 bits per heavy atom. The number of β-amino-alcohol motifs (C(OH)–C–C–N with tert-alkyl or cyclic N) is 1. The Labute approximate surface area is 147 Å². The molecule has 25 heavy (non-hydrogen) atoms. The monoisotopic (exact) mass is 341 g/mol. The lowest BCUT2D eigenvalue weighted by molar-refractivity contribution is 0.00413. The van der Waals surface area contributed by atoms with Gasteiger partial charge in [0.05, 0.1) is 13.7 Å². The van der Waals surface area contributed by atoms with Gasteiger partial charge in [-0.05, 0) is 43.2 Å². The van der Waals surface area contributed by atoms with Gasteiger partial charge in [-0.25, -0.2) is 0 Å². The number of benzene rings is 2. The first-order valence-corrected chi connectivity index (χ1v) is 8.35. The summed E-state index contributed by atoms with van der Waals surface area (Å²) < 4.78 is 11.0. The number of rotatable bonds is 5. The van der Waals surface area contributed by atoms with E-state index in [2.05, 4.69) is 0 Å². The Bertz CT molecular complexity index is 761. The van der Waals surface area contributed by atoms with Crippen LogP contribution >= 0.6 is 0 Å². The van der Waals surface area contributed by atoms with Crippen molar-refractivity contribution in [2.45, 2.75) is 18.9 Å². The minimum Gasteiger partial charge on any atom is -0.497 e. The summed E-state index contributed by atoms with van der Waals surface area (Å²) in [6.07, 6.45) is 0.495. The van der Waals surface area contributed by atoms with Crippen molar-refractivity contribution in [3.63, 3.8) is 0 Å². The molecule has 0 bridgehead atoms. The van der Waals surface area contributed by atoms with Gasteiger partial charge in [-0.2, -0.15) is 0 Å². The van der Waals surface area contributed by atoms with Crippen molar-refractivity contribution in [1.29, 1.82) is 0 Å². The van der Waals surface area contributed by atoms with Crippen molar-refractivity contribution in [2.75, 3.05) is 26.8 Å². The van der Waals surface area contributed by atoms with Crippen LogP contribution in [-0.2, 0) is 0 Å². The maximum atomic E-state index is 12.6. The molecule has 5 nitrogen and oxygen atoms in total. The maximum absolute atomic E-state index is 12.6. The molecule has 132 valence electrons. The molecule has 2 aromatic carbocycles. The summed E-state index contributed by atoms with van der Waals surface area (Å²) in [5, 5.41) is 10.8. The Morgan fingerprint density at radius 1 is 1.24 bits per heavy atom. The number of aliphatic hydroxyl groups is 1. The van der Waals surface area contributed by atoms with E-state index in [1.807, 2.05) is 31.2 Å². The van der Waals surface area contributed by atoms with E-state index in [1.54, 1.807) is 36.3 Å². The second-order valence-corrected chi connectivity index (χ2v) is 6.49. The Kier molecular flexibility index (Phi) is 4.95. The molecule has 0 spiro atoms.